The zero-order valence-electron chi connectivity index (χ0n) is 21.0. The van der Waals surface area contributed by atoms with Gasteiger partial charge in [0.1, 0.15) is 42.5 Å². The zero-order chi connectivity index (χ0) is 27.8. The van der Waals surface area contributed by atoms with E-state index in [2.05, 4.69) is 26.2 Å². The van der Waals surface area contributed by atoms with Gasteiger partial charge in [-0.2, -0.15) is 5.26 Å². The first-order valence-corrected chi connectivity index (χ1v) is 13.2. The highest BCUT2D eigenvalue weighted by Crippen LogP contribution is 2.36. The Hall–Kier alpha value is -3.90. The van der Waals surface area contributed by atoms with Crippen molar-refractivity contribution in [2.24, 2.45) is 0 Å². The van der Waals surface area contributed by atoms with Crippen molar-refractivity contribution in [1.82, 2.24) is 10.3 Å². The fourth-order valence-electron chi connectivity index (χ4n) is 3.78. The smallest absolute Gasteiger partial charge is 0.320 e. The summed E-state index contributed by atoms with van der Waals surface area (Å²) >= 11 is 10.3. The van der Waals surface area contributed by atoms with Crippen molar-refractivity contribution in [2.45, 2.75) is 32.7 Å². The number of aliphatic carboxylic acids is 1. The van der Waals surface area contributed by atoms with E-state index in [0.29, 0.717) is 22.1 Å². The lowest BCUT2D eigenvalue weighted by Gasteiger charge is -2.18. The first kappa shape index (κ1) is 28.1. The highest BCUT2D eigenvalue weighted by atomic mass is 79.9. The molecule has 2 N–H and O–H groups in total. The maximum Gasteiger partial charge on any atom is 0.320 e. The molecule has 0 aliphatic carbocycles. The van der Waals surface area contributed by atoms with E-state index in [4.69, 9.17) is 26.3 Å². The summed E-state index contributed by atoms with van der Waals surface area (Å²) in [6, 6.07) is 24.1. The van der Waals surface area contributed by atoms with Crippen molar-refractivity contribution in [2.75, 3.05) is 0 Å². The van der Waals surface area contributed by atoms with Crippen molar-refractivity contribution in [3.8, 4) is 28.7 Å². The number of pyridine rings is 1. The number of halogens is 2. The molecule has 1 unspecified atom stereocenters. The number of aromatic nitrogens is 1. The second-order valence-corrected chi connectivity index (χ2v) is 9.91. The van der Waals surface area contributed by atoms with Gasteiger partial charge in [0.15, 0.2) is 0 Å². The van der Waals surface area contributed by atoms with Crippen LogP contribution >= 0.6 is 27.5 Å². The Balaban J connectivity index is 1.57. The van der Waals surface area contributed by atoms with E-state index in [1.165, 1.54) is 0 Å². The number of hydrogen-bond donors (Lipinski definition) is 2. The van der Waals surface area contributed by atoms with Crippen LogP contribution in [0.4, 0.5) is 0 Å². The Bertz CT molecular complexity index is 1510. The average Bonchev–Trinajstić information content (AvgIpc) is 2.95. The molecule has 0 saturated heterocycles. The van der Waals surface area contributed by atoms with Gasteiger partial charge in [-0.3, -0.25) is 4.79 Å². The molecular weight excluding hydrogens is 582 g/mol. The summed E-state index contributed by atoms with van der Waals surface area (Å²) in [4.78, 5) is 15.3. The van der Waals surface area contributed by atoms with Gasteiger partial charge in [0, 0.05) is 34.4 Å². The van der Waals surface area contributed by atoms with Gasteiger partial charge in [0.25, 0.3) is 0 Å². The van der Waals surface area contributed by atoms with Crippen LogP contribution in [-0.2, 0) is 24.6 Å². The molecule has 198 valence electrons. The normalized spacial score (nSPS) is 11.4. The summed E-state index contributed by atoms with van der Waals surface area (Å²) < 4.78 is 13.2. The van der Waals surface area contributed by atoms with Crippen molar-refractivity contribution < 1.29 is 19.4 Å². The van der Waals surface area contributed by atoms with E-state index in [9.17, 15) is 9.90 Å². The van der Waals surface area contributed by atoms with Crippen molar-refractivity contribution in [1.29, 1.82) is 5.26 Å². The molecule has 7 nitrogen and oxygen atoms in total. The van der Waals surface area contributed by atoms with Crippen LogP contribution in [0.2, 0.25) is 5.02 Å². The molecule has 9 heteroatoms. The fourth-order valence-corrected chi connectivity index (χ4v) is 4.63. The van der Waals surface area contributed by atoms with Gasteiger partial charge in [-0.05, 0) is 57.7 Å². The number of carbonyl (C=O) groups is 1. The minimum absolute atomic E-state index is 0.171. The lowest BCUT2D eigenvalue weighted by atomic mass is 10.0. The molecule has 0 radical (unpaired) electrons. The van der Waals surface area contributed by atoms with Crippen molar-refractivity contribution in [3.05, 3.63) is 111 Å². The van der Waals surface area contributed by atoms with Crippen LogP contribution in [0, 0.1) is 11.3 Å². The molecule has 0 aliphatic heterocycles. The van der Waals surface area contributed by atoms with Gasteiger partial charge in [-0.15, -0.1) is 0 Å². The van der Waals surface area contributed by atoms with Crippen LogP contribution in [0.5, 0.6) is 11.5 Å². The number of carboxylic acids is 1. The van der Waals surface area contributed by atoms with Crippen LogP contribution in [0.15, 0.2) is 83.5 Å². The van der Waals surface area contributed by atoms with Crippen LogP contribution < -0.4 is 14.8 Å². The Morgan fingerprint density at radius 2 is 1.82 bits per heavy atom. The van der Waals surface area contributed by atoms with Gasteiger partial charge in [0.05, 0.1) is 5.02 Å². The lowest BCUT2D eigenvalue weighted by molar-refractivity contribution is -0.139. The molecule has 4 rings (SSSR count). The standard InChI is InChI=1S/C30H25BrClN3O4/c1-19(30(36)37)35-16-23-13-26(32)28(14-27(23)38-17-20-10-11-34-24(12-20)15-33)39-18-22-8-5-9-25(29(22)31)21-6-3-2-4-7-21/h2-14,19,35H,16-18H2,1H3,(H,36,37). The highest BCUT2D eigenvalue weighted by molar-refractivity contribution is 9.10. The first-order valence-electron chi connectivity index (χ1n) is 12.1. The second kappa shape index (κ2) is 13.3. The number of benzene rings is 3. The van der Waals surface area contributed by atoms with Gasteiger partial charge in [-0.25, -0.2) is 4.98 Å². The predicted molar refractivity (Wildman–Crippen MR) is 153 cm³/mol. The summed E-state index contributed by atoms with van der Waals surface area (Å²) in [6.45, 7) is 2.20. The van der Waals surface area contributed by atoms with Crippen LogP contribution in [0.3, 0.4) is 0 Å². The third kappa shape index (κ3) is 7.36. The summed E-state index contributed by atoms with van der Waals surface area (Å²) in [5.41, 5.74) is 4.80. The number of ether oxygens (including phenoxy) is 2. The SMILES string of the molecule is CC(NCc1cc(Cl)c(OCc2cccc(-c3ccccc3)c2Br)cc1OCc1ccnc(C#N)c1)C(=O)O. The Kier molecular flexibility index (Phi) is 9.55. The van der Waals surface area contributed by atoms with E-state index >= 15 is 0 Å². The van der Waals surface area contributed by atoms with Crippen LogP contribution in [0.1, 0.15) is 29.3 Å². The molecule has 4 aromatic rings. The molecule has 1 heterocycles. The number of carboxylic acid groups (broad SMARTS) is 1. The Morgan fingerprint density at radius 3 is 2.56 bits per heavy atom. The number of hydrogen-bond acceptors (Lipinski definition) is 6. The molecule has 1 aromatic heterocycles. The minimum atomic E-state index is -0.965. The minimum Gasteiger partial charge on any atom is -0.488 e. The molecule has 1 atom stereocenters. The van der Waals surface area contributed by atoms with Gasteiger partial charge in [-0.1, -0.05) is 60.1 Å². The van der Waals surface area contributed by atoms with Crippen LogP contribution in [-0.4, -0.2) is 22.1 Å². The molecule has 0 amide bonds. The highest BCUT2D eigenvalue weighted by Gasteiger charge is 2.16. The molecule has 0 bridgehead atoms. The summed E-state index contributed by atoms with van der Waals surface area (Å²) in [5.74, 6) is -0.0642. The zero-order valence-corrected chi connectivity index (χ0v) is 23.4. The van der Waals surface area contributed by atoms with Crippen molar-refractivity contribution in [3.63, 3.8) is 0 Å². The topological polar surface area (TPSA) is 104 Å². The molecular formula is C30H25BrClN3O4. The number of rotatable bonds is 11. The average molecular weight is 607 g/mol. The maximum absolute atomic E-state index is 11.3. The monoisotopic (exact) mass is 605 g/mol. The Morgan fingerprint density at radius 1 is 1.05 bits per heavy atom. The van der Waals surface area contributed by atoms with E-state index in [-0.39, 0.29) is 25.5 Å². The van der Waals surface area contributed by atoms with Gasteiger partial charge < -0.3 is 19.9 Å². The first-order chi connectivity index (χ1) is 18.9. The lowest BCUT2D eigenvalue weighted by Crippen LogP contribution is -2.33. The Labute approximate surface area is 240 Å². The van der Waals surface area contributed by atoms with Crippen LogP contribution in [0.25, 0.3) is 11.1 Å². The number of nitrogens with one attached hydrogen (secondary N) is 1. The van der Waals surface area contributed by atoms with Gasteiger partial charge in [0.2, 0.25) is 0 Å². The molecule has 0 aliphatic rings. The largest absolute Gasteiger partial charge is 0.488 e. The maximum atomic E-state index is 11.3. The molecule has 3 aromatic carbocycles. The van der Waals surface area contributed by atoms with E-state index < -0.39 is 12.0 Å². The summed E-state index contributed by atoms with van der Waals surface area (Å²) in [5, 5.41) is 21.7. The third-order valence-corrected chi connectivity index (χ3v) is 7.20. The molecule has 0 spiro atoms. The molecule has 39 heavy (non-hydrogen) atoms. The number of nitriles is 1. The van der Waals surface area contributed by atoms with Crippen molar-refractivity contribution >= 4 is 33.5 Å². The molecule has 0 fully saturated rings. The number of nitrogens with zero attached hydrogens (tertiary/aromatic N) is 2. The van der Waals surface area contributed by atoms with E-state index in [0.717, 1.165) is 26.7 Å². The quantitative estimate of drug-likeness (QED) is 0.194. The predicted octanol–water partition coefficient (Wildman–Crippen LogP) is 6.76. The van der Waals surface area contributed by atoms with Gasteiger partial charge >= 0.3 is 5.97 Å². The third-order valence-electron chi connectivity index (χ3n) is 5.96. The van der Waals surface area contributed by atoms with E-state index in [1.807, 2.05) is 54.6 Å². The fraction of sp³-hybridized carbons (Fsp3) is 0.167. The summed E-state index contributed by atoms with van der Waals surface area (Å²) in [7, 11) is 0. The molecule has 0 saturated carbocycles. The summed E-state index contributed by atoms with van der Waals surface area (Å²) in [6.07, 6.45) is 1.55. The second-order valence-electron chi connectivity index (χ2n) is 8.71. The van der Waals surface area contributed by atoms with E-state index in [1.54, 1.807) is 37.4 Å².